The number of carbonyl (C=O) groups is 2. The molecule has 3 rings (SSSR count). The first-order valence-electron chi connectivity index (χ1n) is 8.08. The Bertz CT molecular complexity index is 617. The second-order valence-corrected chi connectivity index (χ2v) is 6.31. The fraction of sp³-hybridized carbons (Fsp3) is 0.529. The van der Waals surface area contributed by atoms with Crippen LogP contribution >= 0.6 is 0 Å². The molecule has 0 aromatic heterocycles. The number of nitrogens with one attached hydrogen (secondary N) is 1. The number of anilines is 1. The largest absolute Gasteiger partial charge is 0.481 e. The number of carbonyl (C=O) groups excluding carboxylic acids is 1. The molecule has 0 bridgehead atoms. The number of aliphatic carboxylic acids is 1. The van der Waals surface area contributed by atoms with Crippen molar-refractivity contribution in [1.29, 1.82) is 0 Å². The Hall–Kier alpha value is -2.08. The topological polar surface area (TPSA) is 78.9 Å². The molecule has 23 heavy (non-hydrogen) atoms. The Morgan fingerprint density at radius 3 is 3.09 bits per heavy atom. The molecule has 2 unspecified atom stereocenters. The average Bonchev–Trinajstić information content (AvgIpc) is 2.54. The summed E-state index contributed by atoms with van der Waals surface area (Å²) in [5.74, 6) is -0.376. The van der Waals surface area contributed by atoms with E-state index in [1.54, 1.807) is 6.92 Å². The summed E-state index contributed by atoms with van der Waals surface area (Å²) >= 11 is 0. The van der Waals surface area contributed by atoms with Crippen LogP contribution in [0.25, 0.3) is 0 Å². The number of carboxylic acid groups (broad SMARTS) is 1. The normalized spacial score (nSPS) is 24.5. The number of ether oxygens (including phenoxy) is 1. The molecule has 0 aliphatic carbocycles. The van der Waals surface area contributed by atoms with Gasteiger partial charge in [0.2, 0.25) is 0 Å². The zero-order valence-electron chi connectivity index (χ0n) is 13.2. The highest BCUT2D eigenvalue weighted by atomic mass is 16.5. The molecule has 1 aromatic rings. The van der Waals surface area contributed by atoms with Gasteiger partial charge in [-0.2, -0.15) is 0 Å². The first kappa shape index (κ1) is 15.8. The second-order valence-electron chi connectivity index (χ2n) is 6.31. The molecule has 1 fully saturated rings. The minimum absolute atomic E-state index is 0.130. The SMILES string of the molecule is CC1Oc2ccc(CCN3CCCC(C(=O)O)C3)cc2NC1=O. The Kier molecular flexibility index (Phi) is 4.52. The summed E-state index contributed by atoms with van der Waals surface area (Å²) in [5.41, 5.74) is 1.83. The van der Waals surface area contributed by atoms with E-state index in [9.17, 15) is 9.59 Å². The minimum atomic E-state index is -0.697. The lowest BCUT2D eigenvalue weighted by atomic mass is 9.98. The highest BCUT2D eigenvalue weighted by Gasteiger charge is 2.26. The Balaban J connectivity index is 1.60. The van der Waals surface area contributed by atoms with Gasteiger partial charge in [0.15, 0.2) is 6.10 Å². The molecule has 6 nitrogen and oxygen atoms in total. The van der Waals surface area contributed by atoms with Crippen LogP contribution in [0.3, 0.4) is 0 Å². The molecule has 0 radical (unpaired) electrons. The molecule has 1 aromatic carbocycles. The van der Waals surface area contributed by atoms with E-state index < -0.39 is 12.1 Å². The van der Waals surface area contributed by atoms with Crippen molar-refractivity contribution in [3.8, 4) is 5.75 Å². The van der Waals surface area contributed by atoms with E-state index in [1.807, 2.05) is 18.2 Å². The lowest BCUT2D eigenvalue weighted by Gasteiger charge is -2.30. The number of hydrogen-bond donors (Lipinski definition) is 2. The third kappa shape index (κ3) is 3.64. The van der Waals surface area contributed by atoms with Crippen LogP contribution < -0.4 is 10.1 Å². The van der Waals surface area contributed by atoms with Gasteiger partial charge in [0.1, 0.15) is 5.75 Å². The van der Waals surface area contributed by atoms with Gasteiger partial charge in [-0.25, -0.2) is 0 Å². The molecule has 1 amide bonds. The number of benzene rings is 1. The van der Waals surface area contributed by atoms with Crippen molar-refractivity contribution < 1.29 is 19.4 Å². The van der Waals surface area contributed by atoms with Crippen LogP contribution in [0, 0.1) is 5.92 Å². The molecule has 6 heteroatoms. The first-order chi connectivity index (χ1) is 11.0. The summed E-state index contributed by atoms with van der Waals surface area (Å²) in [7, 11) is 0. The van der Waals surface area contributed by atoms with Crippen molar-refractivity contribution in [1.82, 2.24) is 4.90 Å². The highest BCUT2D eigenvalue weighted by molar-refractivity contribution is 5.97. The van der Waals surface area contributed by atoms with E-state index in [2.05, 4.69) is 10.2 Å². The molecule has 2 atom stereocenters. The van der Waals surface area contributed by atoms with Gasteiger partial charge in [0, 0.05) is 13.1 Å². The Labute approximate surface area is 135 Å². The number of amides is 1. The maximum atomic E-state index is 11.7. The number of likely N-dealkylation sites (tertiary alicyclic amines) is 1. The van der Waals surface area contributed by atoms with E-state index in [0.717, 1.165) is 37.9 Å². The van der Waals surface area contributed by atoms with E-state index in [-0.39, 0.29) is 11.8 Å². The molecule has 0 spiro atoms. The molecule has 2 aliphatic rings. The molecular weight excluding hydrogens is 296 g/mol. The van der Waals surface area contributed by atoms with Crippen molar-refractivity contribution in [3.05, 3.63) is 23.8 Å². The van der Waals surface area contributed by atoms with Gasteiger partial charge in [0.25, 0.3) is 5.91 Å². The molecule has 2 N–H and O–H groups in total. The van der Waals surface area contributed by atoms with Crippen molar-refractivity contribution >= 4 is 17.6 Å². The van der Waals surface area contributed by atoms with Crippen molar-refractivity contribution in [3.63, 3.8) is 0 Å². The van der Waals surface area contributed by atoms with Crippen LogP contribution in [0.15, 0.2) is 18.2 Å². The van der Waals surface area contributed by atoms with E-state index in [4.69, 9.17) is 9.84 Å². The number of nitrogens with zero attached hydrogens (tertiary/aromatic N) is 1. The van der Waals surface area contributed by atoms with Crippen LogP contribution in [-0.4, -0.2) is 47.6 Å². The Morgan fingerprint density at radius 2 is 2.30 bits per heavy atom. The third-order valence-corrected chi connectivity index (χ3v) is 4.55. The van der Waals surface area contributed by atoms with Crippen LogP contribution in [0.5, 0.6) is 5.75 Å². The van der Waals surface area contributed by atoms with Gasteiger partial charge < -0.3 is 20.1 Å². The molecule has 124 valence electrons. The van der Waals surface area contributed by atoms with Gasteiger partial charge in [-0.05, 0) is 50.4 Å². The smallest absolute Gasteiger partial charge is 0.307 e. The summed E-state index contributed by atoms with van der Waals surface area (Å²) in [6.45, 7) is 4.12. The van der Waals surface area contributed by atoms with Crippen LogP contribution in [0.2, 0.25) is 0 Å². The second kappa shape index (κ2) is 6.58. The number of fused-ring (bicyclic) bond motifs is 1. The lowest BCUT2D eigenvalue weighted by molar-refractivity contribution is -0.143. The van der Waals surface area contributed by atoms with E-state index >= 15 is 0 Å². The van der Waals surface area contributed by atoms with Crippen molar-refractivity contribution in [2.75, 3.05) is 25.0 Å². The summed E-state index contributed by atoms with van der Waals surface area (Å²) in [6.07, 6.45) is 2.06. The zero-order valence-corrected chi connectivity index (χ0v) is 13.2. The maximum Gasteiger partial charge on any atom is 0.307 e. The number of carboxylic acids is 1. The van der Waals surface area contributed by atoms with Crippen LogP contribution in [0.1, 0.15) is 25.3 Å². The summed E-state index contributed by atoms with van der Waals surface area (Å²) in [4.78, 5) is 25.0. The zero-order chi connectivity index (χ0) is 16.4. The van der Waals surface area contributed by atoms with Gasteiger partial charge in [-0.1, -0.05) is 6.07 Å². The molecular formula is C17H22N2O4. The van der Waals surface area contributed by atoms with Gasteiger partial charge in [-0.15, -0.1) is 0 Å². The minimum Gasteiger partial charge on any atom is -0.481 e. The summed E-state index contributed by atoms with van der Waals surface area (Å²) in [6, 6.07) is 5.83. The molecule has 1 saturated heterocycles. The quantitative estimate of drug-likeness (QED) is 0.884. The molecule has 0 saturated carbocycles. The Morgan fingerprint density at radius 1 is 1.48 bits per heavy atom. The monoisotopic (exact) mass is 318 g/mol. The third-order valence-electron chi connectivity index (χ3n) is 4.55. The van der Waals surface area contributed by atoms with Gasteiger partial charge in [0.05, 0.1) is 11.6 Å². The predicted molar refractivity (Wildman–Crippen MR) is 85.7 cm³/mol. The van der Waals surface area contributed by atoms with E-state index in [0.29, 0.717) is 18.0 Å². The summed E-state index contributed by atoms with van der Waals surface area (Å²) < 4.78 is 5.55. The molecule has 2 aliphatic heterocycles. The average molecular weight is 318 g/mol. The number of piperidine rings is 1. The lowest BCUT2D eigenvalue weighted by Crippen LogP contribution is -2.39. The van der Waals surface area contributed by atoms with Crippen molar-refractivity contribution in [2.45, 2.75) is 32.3 Å². The highest BCUT2D eigenvalue weighted by Crippen LogP contribution is 2.30. The predicted octanol–water partition coefficient (Wildman–Crippen LogP) is 1.75. The van der Waals surface area contributed by atoms with Gasteiger partial charge >= 0.3 is 5.97 Å². The fourth-order valence-corrected chi connectivity index (χ4v) is 3.16. The van der Waals surface area contributed by atoms with Crippen molar-refractivity contribution in [2.24, 2.45) is 5.92 Å². The standard InChI is InChI=1S/C17H22N2O4/c1-11-16(20)18-14-9-12(4-5-15(14)23-11)6-8-19-7-2-3-13(10-19)17(21)22/h4-5,9,11,13H,2-3,6-8,10H2,1H3,(H,18,20)(H,21,22). The van der Waals surface area contributed by atoms with Gasteiger partial charge in [-0.3, -0.25) is 9.59 Å². The maximum absolute atomic E-state index is 11.7. The number of hydrogen-bond acceptors (Lipinski definition) is 4. The van der Waals surface area contributed by atoms with Crippen LogP contribution in [-0.2, 0) is 16.0 Å². The molecule has 2 heterocycles. The number of rotatable bonds is 4. The van der Waals surface area contributed by atoms with Crippen LogP contribution in [0.4, 0.5) is 5.69 Å². The van der Waals surface area contributed by atoms with E-state index in [1.165, 1.54) is 0 Å². The summed E-state index contributed by atoms with van der Waals surface area (Å²) in [5, 5.41) is 12.0. The first-order valence-corrected chi connectivity index (χ1v) is 8.08. The fourth-order valence-electron chi connectivity index (χ4n) is 3.16.